The van der Waals surface area contributed by atoms with Crippen LogP contribution >= 0.6 is 34.5 Å². The summed E-state index contributed by atoms with van der Waals surface area (Å²) in [5, 5.41) is 0.286. The molecule has 120 valence electrons. The molecule has 1 fully saturated rings. The molecular weight excluding hydrogens is 353 g/mol. The summed E-state index contributed by atoms with van der Waals surface area (Å²) in [6.07, 6.45) is 4.58. The molecule has 4 nitrogen and oxygen atoms in total. The van der Waals surface area contributed by atoms with E-state index in [1.807, 2.05) is 17.0 Å². The van der Waals surface area contributed by atoms with Crippen LogP contribution in [0.25, 0.3) is 0 Å². The summed E-state index contributed by atoms with van der Waals surface area (Å²) in [5.41, 5.74) is 0.247. The first-order chi connectivity index (χ1) is 11.1. The number of carbonyl (C=O) groups is 1. The van der Waals surface area contributed by atoms with Crippen molar-refractivity contribution in [3.05, 3.63) is 50.5 Å². The quantitative estimate of drug-likeness (QED) is 0.524. The lowest BCUT2D eigenvalue weighted by Gasteiger charge is -2.23. The molecule has 1 aliphatic rings. The van der Waals surface area contributed by atoms with Crippen LogP contribution in [0, 0.1) is 0 Å². The molecule has 0 N–H and O–H groups in total. The molecule has 0 saturated heterocycles. The molecule has 23 heavy (non-hydrogen) atoms. The lowest BCUT2D eigenvalue weighted by molar-refractivity contribution is 0.111. The van der Waals surface area contributed by atoms with Gasteiger partial charge in [-0.3, -0.25) is 4.79 Å². The molecule has 0 unspecified atom stereocenters. The lowest BCUT2D eigenvalue weighted by Crippen LogP contribution is -2.24. The van der Waals surface area contributed by atoms with E-state index in [1.165, 1.54) is 11.3 Å². The molecular formula is C16H15Cl2N3OS. The van der Waals surface area contributed by atoms with Crippen LogP contribution in [0.2, 0.25) is 9.36 Å². The molecule has 1 saturated carbocycles. The van der Waals surface area contributed by atoms with Crippen LogP contribution in [0.4, 0.5) is 5.82 Å². The second kappa shape index (κ2) is 6.99. The van der Waals surface area contributed by atoms with Crippen LogP contribution in [0.3, 0.4) is 0 Å². The maximum Gasteiger partial charge on any atom is 0.170 e. The highest BCUT2D eigenvalue weighted by molar-refractivity contribution is 7.16. The minimum absolute atomic E-state index is 0.247. The smallest absolute Gasteiger partial charge is 0.170 e. The number of carbonyl (C=O) groups excluding carboxylic acids is 1. The van der Waals surface area contributed by atoms with Crippen LogP contribution in [0.5, 0.6) is 0 Å². The Kier molecular flexibility index (Phi) is 4.99. The van der Waals surface area contributed by atoms with Crippen molar-refractivity contribution >= 4 is 46.6 Å². The predicted molar refractivity (Wildman–Crippen MR) is 95.0 cm³/mol. The van der Waals surface area contributed by atoms with Gasteiger partial charge in [0.05, 0.1) is 10.9 Å². The summed E-state index contributed by atoms with van der Waals surface area (Å²) < 4.78 is 0.736. The molecule has 0 aromatic carbocycles. The zero-order chi connectivity index (χ0) is 16.4. The summed E-state index contributed by atoms with van der Waals surface area (Å²) >= 11 is 13.9. The number of thiophene rings is 1. The van der Waals surface area contributed by atoms with E-state index in [2.05, 4.69) is 16.5 Å². The largest absolute Gasteiger partial charge is 0.346 e. The van der Waals surface area contributed by atoms with Gasteiger partial charge in [-0.2, -0.15) is 0 Å². The van der Waals surface area contributed by atoms with E-state index in [-0.39, 0.29) is 10.7 Å². The van der Waals surface area contributed by atoms with Crippen molar-refractivity contribution in [1.82, 2.24) is 9.97 Å². The van der Waals surface area contributed by atoms with E-state index in [0.29, 0.717) is 36.9 Å². The first kappa shape index (κ1) is 16.4. The summed E-state index contributed by atoms with van der Waals surface area (Å²) in [6, 6.07) is 3.84. The fourth-order valence-corrected chi connectivity index (χ4v) is 3.64. The maximum absolute atomic E-state index is 11.3. The number of hydrogen-bond donors (Lipinski definition) is 0. The zero-order valence-corrected chi connectivity index (χ0v) is 14.7. The average molecular weight is 368 g/mol. The highest BCUT2D eigenvalue weighted by Crippen LogP contribution is 2.40. The number of aldehydes is 1. The van der Waals surface area contributed by atoms with Crippen molar-refractivity contribution < 1.29 is 4.79 Å². The molecule has 0 amide bonds. The first-order valence-electron chi connectivity index (χ1n) is 7.25. The fraction of sp³-hybridized carbons (Fsp3) is 0.312. The standard InChI is InChI=1S/C16H15Cl2N3OS/c1-2-7-21(8-11-5-6-13(17)23-11)16-14(18)12(9-22)19-15(20-16)10-3-4-10/h2,5-6,9-10H,1,3-4,7-8H2. The van der Waals surface area contributed by atoms with Gasteiger partial charge in [0.2, 0.25) is 0 Å². The van der Waals surface area contributed by atoms with Gasteiger partial charge >= 0.3 is 0 Å². The summed E-state index contributed by atoms with van der Waals surface area (Å²) in [6.45, 7) is 4.96. The van der Waals surface area contributed by atoms with Crippen LogP contribution < -0.4 is 4.90 Å². The van der Waals surface area contributed by atoms with Crippen molar-refractivity contribution in [2.75, 3.05) is 11.4 Å². The second-order valence-electron chi connectivity index (χ2n) is 5.37. The molecule has 2 aromatic heterocycles. The minimum Gasteiger partial charge on any atom is -0.346 e. The highest BCUT2D eigenvalue weighted by Gasteiger charge is 2.29. The van der Waals surface area contributed by atoms with Gasteiger partial charge in [-0.25, -0.2) is 9.97 Å². The van der Waals surface area contributed by atoms with Crippen molar-refractivity contribution in [2.45, 2.75) is 25.3 Å². The fourth-order valence-electron chi connectivity index (χ4n) is 2.29. The van der Waals surface area contributed by atoms with E-state index >= 15 is 0 Å². The number of anilines is 1. The monoisotopic (exact) mass is 367 g/mol. The van der Waals surface area contributed by atoms with E-state index < -0.39 is 0 Å². The minimum atomic E-state index is 0.247. The van der Waals surface area contributed by atoms with Crippen LogP contribution in [0.15, 0.2) is 24.8 Å². The van der Waals surface area contributed by atoms with Gasteiger partial charge in [-0.05, 0) is 25.0 Å². The van der Waals surface area contributed by atoms with Gasteiger partial charge in [0, 0.05) is 17.3 Å². The van der Waals surface area contributed by atoms with Gasteiger partial charge in [0.15, 0.2) is 12.1 Å². The molecule has 0 atom stereocenters. The highest BCUT2D eigenvalue weighted by atomic mass is 35.5. The molecule has 0 radical (unpaired) electrons. The Balaban J connectivity index is 1.98. The Bertz CT molecular complexity index is 743. The van der Waals surface area contributed by atoms with Crippen molar-refractivity contribution in [2.24, 2.45) is 0 Å². The molecule has 3 rings (SSSR count). The SMILES string of the molecule is C=CCN(Cc1ccc(Cl)s1)c1nc(C2CC2)nc(C=O)c1Cl. The number of halogens is 2. The molecule has 7 heteroatoms. The van der Waals surface area contributed by atoms with E-state index in [1.54, 1.807) is 6.08 Å². The summed E-state index contributed by atoms with van der Waals surface area (Å²) in [7, 11) is 0. The Labute approximate surface area is 148 Å². The third-order valence-electron chi connectivity index (χ3n) is 3.56. The van der Waals surface area contributed by atoms with Gasteiger partial charge < -0.3 is 4.90 Å². The molecule has 0 spiro atoms. The summed E-state index contributed by atoms with van der Waals surface area (Å²) in [5.74, 6) is 1.62. The topological polar surface area (TPSA) is 46.1 Å². The van der Waals surface area contributed by atoms with Gasteiger partial charge in [-0.1, -0.05) is 29.3 Å². The van der Waals surface area contributed by atoms with E-state index in [4.69, 9.17) is 23.2 Å². The second-order valence-corrected chi connectivity index (χ2v) is 7.55. The van der Waals surface area contributed by atoms with Crippen molar-refractivity contribution in [3.63, 3.8) is 0 Å². The molecule has 2 aromatic rings. The average Bonchev–Trinajstić information content (AvgIpc) is 3.30. The Morgan fingerprint density at radius 3 is 2.70 bits per heavy atom. The molecule has 1 aliphatic carbocycles. The third kappa shape index (κ3) is 3.74. The first-order valence-corrected chi connectivity index (χ1v) is 8.82. The predicted octanol–water partition coefficient (Wildman–Crippen LogP) is 4.73. The zero-order valence-electron chi connectivity index (χ0n) is 12.3. The number of hydrogen-bond acceptors (Lipinski definition) is 5. The summed E-state index contributed by atoms with van der Waals surface area (Å²) in [4.78, 5) is 23.3. The van der Waals surface area contributed by atoms with E-state index in [0.717, 1.165) is 22.1 Å². The van der Waals surface area contributed by atoms with E-state index in [9.17, 15) is 4.79 Å². The maximum atomic E-state index is 11.3. The number of nitrogens with zero attached hydrogens (tertiary/aromatic N) is 3. The molecule has 2 heterocycles. The third-order valence-corrected chi connectivity index (χ3v) is 5.13. The Hall–Kier alpha value is -1.43. The van der Waals surface area contributed by atoms with Crippen LogP contribution in [0.1, 0.15) is 39.9 Å². The van der Waals surface area contributed by atoms with Gasteiger partial charge in [-0.15, -0.1) is 17.9 Å². The van der Waals surface area contributed by atoms with Crippen LogP contribution in [-0.4, -0.2) is 22.8 Å². The van der Waals surface area contributed by atoms with Gasteiger partial charge in [0.1, 0.15) is 16.5 Å². The lowest BCUT2D eigenvalue weighted by atomic mass is 10.3. The van der Waals surface area contributed by atoms with Gasteiger partial charge in [0.25, 0.3) is 0 Å². The normalized spacial score (nSPS) is 13.8. The Morgan fingerprint density at radius 2 is 2.13 bits per heavy atom. The number of rotatable bonds is 7. The Morgan fingerprint density at radius 1 is 1.35 bits per heavy atom. The number of aromatic nitrogens is 2. The van der Waals surface area contributed by atoms with Crippen LogP contribution in [-0.2, 0) is 6.54 Å². The molecule has 0 aliphatic heterocycles. The van der Waals surface area contributed by atoms with Crippen molar-refractivity contribution in [1.29, 1.82) is 0 Å². The molecule has 0 bridgehead atoms. The van der Waals surface area contributed by atoms with Crippen molar-refractivity contribution in [3.8, 4) is 0 Å².